The SMILES string of the molecule is CCCOc1ccc(-c2cccc(NS(=O)(=O)c3cc(C)c(C)cc3OC)c2)nn1. The molecule has 158 valence electrons. The molecular weight excluding hydrogens is 402 g/mol. The summed E-state index contributed by atoms with van der Waals surface area (Å²) < 4.78 is 39.4. The van der Waals surface area contributed by atoms with E-state index in [1.165, 1.54) is 7.11 Å². The van der Waals surface area contributed by atoms with E-state index in [0.29, 0.717) is 29.6 Å². The number of methoxy groups -OCH3 is 1. The van der Waals surface area contributed by atoms with Crippen LogP contribution in [0.25, 0.3) is 11.3 Å². The van der Waals surface area contributed by atoms with Crippen molar-refractivity contribution in [3.8, 4) is 22.9 Å². The molecule has 1 heterocycles. The Bertz CT molecular complexity index is 1130. The Hall–Kier alpha value is -3.13. The van der Waals surface area contributed by atoms with Gasteiger partial charge in [0, 0.05) is 17.3 Å². The van der Waals surface area contributed by atoms with Crippen LogP contribution < -0.4 is 14.2 Å². The minimum Gasteiger partial charge on any atom is -0.495 e. The van der Waals surface area contributed by atoms with Gasteiger partial charge in [-0.2, -0.15) is 0 Å². The van der Waals surface area contributed by atoms with E-state index in [2.05, 4.69) is 14.9 Å². The van der Waals surface area contributed by atoms with Crippen molar-refractivity contribution in [3.05, 3.63) is 59.7 Å². The number of sulfonamides is 1. The van der Waals surface area contributed by atoms with Crippen LogP contribution in [0.4, 0.5) is 5.69 Å². The summed E-state index contributed by atoms with van der Waals surface area (Å²) in [6.45, 7) is 6.36. The molecule has 0 fully saturated rings. The zero-order valence-corrected chi connectivity index (χ0v) is 18.3. The maximum absolute atomic E-state index is 13.0. The second kappa shape index (κ2) is 9.13. The van der Waals surface area contributed by atoms with Crippen LogP contribution in [-0.2, 0) is 10.0 Å². The Morgan fingerprint density at radius 3 is 2.43 bits per heavy atom. The molecule has 30 heavy (non-hydrogen) atoms. The largest absolute Gasteiger partial charge is 0.495 e. The zero-order chi connectivity index (χ0) is 21.7. The zero-order valence-electron chi connectivity index (χ0n) is 17.5. The molecule has 0 atom stereocenters. The van der Waals surface area contributed by atoms with E-state index in [0.717, 1.165) is 23.1 Å². The van der Waals surface area contributed by atoms with Crippen LogP contribution in [0.1, 0.15) is 24.5 Å². The van der Waals surface area contributed by atoms with E-state index in [9.17, 15) is 8.42 Å². The van der Waals surface area contributed by atoms with Crippen molar-refractivity contribution in [3.63, 3.8) is 0 Å². The lowest BCUT2D eigenvalue weighted by molar-refractivity contribution is 0.302. The summed E-state index contributed by atoms with van der Waals surface area (Å²) >= 11 is 0. The summed E-state index contributed by atoms with van der Waals surface area (Å²) in [4.78, 5) is 0.0933. The van der Waals surface area contributed by atoms with E-state index in [1.54, 1.807) is 42.5 Å². The summed E-state index contributed by atoms with van der Waals surface area (Å²) in [5, 5.41) is 8.23. The first-order chi connectivity index (χ1) is 14.3. The average molecular weight is 428 g/mol. The molecule has 0 saturated carbocycles. The Morgan fingerprint density at radius 2 is 1.77 bits per heavy atom. The molecule has 1 aromatic heterocycles. The number of nitrogens with one attached hydrogen (secondary N) is 1. The molecule has 0 aliphatic heterocycles. The number of rotatable bonds is 8. The van der Waals surface area contributed by atoms with Crippen molar-refractivity contribution in [2.45, 2.75) is 32.1 Å². The lowest BCUT2D eigenvalue weighted by Gasteiger charge is -2.14. The first-order valence-corrected chi connectivity index (χ1v) is 11.1. The summed E-state index contributed by atoms with van der Waals surface area (Å²) in [5.74, 6) is 0.759. The van der Waals surface area contributed by atoms with Gasteiger partial charge in [-0.3, -0.25) is 4.72 Å². The van der Waals surface area contributed by atoms with E-state index in [4.69, 9.17) is 9.47 Å². The third-order valence-corrected chi connectivity index (χ3v) is 5.98. The quantitative estimate of drug-likeness (QED) is 0.574. The summed E-state index contributed by atoms with van der Waals surface area (Å²) in [6, 6.07) is 13.9. The van der Waals surface area contributed by atoms with Gasteiger partial charge in [-0.15, -0.1) is 10.2 Å². The highest BCUT2D eigenvalue weighted by Crippen LogP contribution is 2.30. The van der Waals surface area contributed by atoms with Crippen molar-refractivity contribution >= 4 is 15.7 Å². The Morgan fingerprint density at radius 1 is 1.00 bits per heavy atom. The number of nitrogens with zero attached hydrogens (tertiary/aromatic N) is 2. The molecule has 0 spiro atoms. The minimum atomic E-state index is -3.84. The Kier molecular flexibility index (Phi) is 6.56. The van der Waals surface area contributed by atoms with Gasteiger partial charge in [0.25, 0.3) is 10.0 Å². The van der Waals surface area contributed by atoms with E-state index in [1.807, 2.05) is 26.8 Å². The summed E-state index contributed by atoms with van der Waals surface area (Å²) in [5.41, 5.74) is 3.59. The molecule has 0 aliphatic rings. The predicted octanol–water partition coefficient (Wildman–Crippen LogP) is 4.36. The number of benzene rings is 2. The lowest BCUT2D eigenvalue weighted by atomic mass is 10.1. The van der Waals surface area contributed by atoms with Crippen molar-refractivity contribution in [1.29, 1.82) is 0 Å². The number of aromatic nitrogens is 2. The number of hydrogen-bond donors (Lipinski definition) is 1. The van der Waals surface area contributed by atoms with Crippen LogP contribution in [-0.4, -0.2) is 32.3 Å². The second-order valence-electron chi connectivity index (χ2n) is 6.88. The standard InChI is InChI=1S/C22H25N3O4S/c1-5-11-29-22-10-9-19(23-24-22)17-7-6-8-18(14-17)25-30(26,27)21-13-16(3)15(2)12-20(21)28-4/h6-10,12-14,25H,5,11H2,1-4H3. The fourth-order valence-corrected chi connectivity index (χ4v) is 4.13. The number of hydrogen-bond acceptors (Lipinski definition) is 6. The van der Waals surface area contributed by atoms with Crippen molar-refractivity contribution in [2.75, 3.05) is 18.4 Å². The molecule has 0 saturated heterocycles. The first kappa shape index (κ1) is 21.6. The van der Waals surface area contributed by atoms with Crippen LogP contribution in [0, 0.1) is 13.8 Å². The third kappa shape index (κ3) is 4.88. The fraction of sp³-hybridized carbons (Fsp3) is 0.273. The molecule has 8 heteroatoms. The van der Waals surface area contributed by atoms with Gasteiger partial charge in [0.15, 0.2) is 0 Å². The fourth-order valence-electron chi connectivity index (χ4n) is 2.84. The molecule has 3 aromatic rings. The summed E-state index contributed by atoms with van der Waals surface area (Å²) in [6.07, 6.45) is 0.886. The maximum Gasteiger partial charge on any atom is 0.265 e. The minimum absolute atomic E-state index is 0.0933. The molecule has 0 unspecified atom stereocenters. The molecular formula is C22H25N3O4S. The van der Waals surface area contributed by atoms with Gasteiger partial charge in [0.1, 0.15) is 10.6 Å². The topological polar surface area (TPSA) is 90.4 Å². The van der Waals surface area contributed by atoms with Gasteiger partial charge in [0.05, 0.1) is 19.4 Å². The monoisotopic (exact) mass is 427 g/mol. The number of aryl methyl sites for hydroxylation is 2. The normalized spacial score (nSPS) is 11.2. The van der Waals surface area contributed by atoms with E-state index >= 15 is 0 Å². The van der Waals surface area contributed by atoms with Gasteiger partial charge in [-0.1, -0.05) is 19.1 Å². The highest BCUT2D eigenvalue weighted by atomic mass is 32.2. The van der Waals surface area contributed by atoms with Crippen LogP contribution in [0.3, 0.4) is 0 Å². The van der Waals surface area contributed by atoms with Crippen molar-refractivity contribution < 1.29 is 17.9 Å². The van der Waals surface area contributed by atoms with Gasteiger partial charge in [0.2, 0.25) is 5.88 Å². The maximum atomic E-state index is 13.0. The second-order valence-corrected chi connectivity index (χ2v) is 8.53. The number of ether oxygens (including phenoxy) is 2. The van der Waals surface area contributed by atoms with Crippen LogP contribution in [0.5, 0.6) is 11.6 Å². The molecule has 7 nitrogen and oxygen atoms in total. The molecule has 3 rings (SSSR count). The smallest absolute Gasteiger partial charge is 0.265 e. The van der Waals surface area contributed by atoms with Gasteiger partial charge >= 0.3 is 0 Å². The predicted molar refractivity (Wildman–Crippen MR) is 117 cm³/mol. The van der Waals surface area contributed by atoms with Crippen molar-refractivity contribution in [1.82, 2.24) is 10.2 Å². The summed E-state index contributed by atoms with van der Waals surface area (Å²) in [7, 11) is -2.39. The average Bonchev–Trinajstić information content (AvgIpc) is 2.74. The molecule has 0 aliphatic carbocycles. The van der Waals surface area contributed by atoms with Gasteiger partial charge < -0.3 is 9.47 Å². The number of anilines is 1. The molecule has 1 N–H and O–H groups in total. The highest BCUT2D eigenvalue weighted by molar-refractivity contribution is 7.92. The van der Waals surface area contributed by atoms with Gasteiger partial charge in [-0.25, -0.2) is 8.42 Å². The first-order valence-electron chi connectivity index (χ1n) is 9.59. The molecule has 2 aromatic carbocycles. The molecule has 0 bridgehead atoms. The van der Waals surface area contributed by atoms with E-state index < -0.39 is 10.0 Å². The van der Waals surface area contributed by atoms with Gasteiger partial charge in [-0.05, 0) is 61.7 Å². The van der Waals surface area contributed by atoms with Crippen LogP contribution >= 0.6 is 0 Å². The Labute approximate surface area is 177 Å². The van der Waals surface area contributed by atoms with Crippen LogP contribution in [0.2, 0.25) is 0 Å². The molecule has 0 amide bonds. The van der Waals surface area contributed by atoms with Crippen molar-refractivity contribution in [2.24, 2.45) is 0 Å². The Balaban J connectivity index is 1.87. The third-order valence-electron chi connectivity index (χ3n) is 4.57. The highest BCUT2D eigenvalue weighted by Gasteiger charge is 2.21. The molecule has 0 radical (unpaired) electrons. The lowest BCUT2D eigenvalue weighted by Crippen LogP contribution is -2.14. The van der Waals surface area contributed by atoms with Crippen LogP contribution in [0.15, 0.2) is 53.4 Å². The van der Waals surface area contributed by atoms with E-state index in [-0.39, 0.29) is 4.90 Å².